The number of aromatic nitrogens is 1. The lowest BCUT2D eigenvalue weighted by atomic mass is 10.2. The van der Waals surface area contributed by atoms with Gasteiger partial charge in [-0.05, 0) is 42.0 Å². The molecule has 0 unspecified atom stereocenters. The molecule has 0 radical (unpaired) electrons. The van der Waals surface area contributed by atoms with Crippen molar-refractivity contribution >= 4 is 12.1 Å². The molecule has 0 atom stereocenters. The fourth-order valence-electron chi connectivity index (χ4n) is 1.46. The smallest absolute Gasteiger partial charge is 0.387 e. The Morgan fingerprint density at radius 1 is 1.24 bits per heavy atom. The van der Waals surface area contributed by atoms with Gasteiger partial charge in [-0.15, -0.1) is 0 Å². The van der Waals surface area contributed by atoms with Crippen molar-refractivity contribution in [2.75, 3.05) is 0 Å². The Kier molecular flexibility index (Phi) is 4.92. The molecular formula is C14H11F2N3O2. The maximum absolute atomic E-state index is 12.0. The van der Waals surface area contributed by atoms with Gasteiger partial charge in [0.05, 0.1) is 6.21 Å². The number of pyridine rings is 1. The number of hydrogen-bond acceptors (Lipinski definition) is 4. The minimum absolute atomic E-state index is 0.0553. The van der Waals surface area contributed by atoms with Crippen molar-refractivity contribution in [2.45, 2.75) is 6.61 Å². The normalized spacial score (nSPS) is 10.8. The Hall–Kier alpha value is -2.83. The molecule has 1 heterocycles. The lowest BCUT2D eigenvalue weighted by molar-refractivity contribution is -0.0498. The average molecular weight is 291 g/mol. The Labute approximate surface area is 119 Å². The van der Waals surface area contributed by atoms with E-state index in [2.05, 4.69) is 20.2 Å². The van der Waals surface area contributed by atoms with E-state index < -0.39 is 12.5 Å². The van der Waals surface area contributed by atoms with E-state index in [0.717, 1.165) is 0 Å². The number of carbonyl (C=O) groups excluding carboxylic acids is 1. The second kappa shape index (κ2) is 7.09. The summed E-state index contributed by atoms with van der Waals surface area (Å²) in [5.41, 5.74) is 3.18. The molecule has 0 aliphatic rings. The summed E-state index contributed by atoms with van der Waals surface area (Å²) < 4.78 is 28.2. The van der Waals surface area contributed by atoms with E-state index in [0.29, 0.717) is 5.56 Å². The maximum atomic E-state index is 12.0. The number of hydrogen-bond donors (Lipinski definition) is 1. The van der Waals surface area contributed by atoms with Gasteiger partial charge in [0.15, 0.2) is 0 Å². The van der Waals surface area contributed by atoms with Gasteiger partial charge in [-0.1, -0.05) is 6.07 Å². The zero-order valence-corrected chi connectivity index (χ0v) is 10.7. The summed E-state index contributed by atoms with van der Waals surface area (Å²) in [5, 5.41) is 3.76. The molecule has 0 saturated heterocycles. The van der Waals surface area contributed by atoms with Crippen LogP contribution in [-0.4, -0.2) is 23.7 Å². The summed E-state index contributed by atoms with van der Waals surface area (Å²) in [6.07, 6.45) is 2.88. The molecule has 0 aliphatic heterocycles. The number of alkyl halides is 2. The van der Waals surface area contributed by atoms with Crippen molar-refractivity contribution in [3.8, 4) is 5.75 Å². The van der Waals surface area contributed by atoms with Crippen molar-refractivity contribution in [3.63, 3.8) is 0 Å². The number of nitrogens with zero attached hydrogens (tertiary/aromatic N) is 2. The minimum atomic E-state index is -2.86. The molecule has 108 valence electrons. The van der Waals surface area contributed by atoms with Crippen LogP contribution in [0.25, 0.3) is 0 Å². The van der Waals surface area contributed by atoms with Crippen LogP contribution < -0.4 is 10.2 Å². The third-order valence-electron chi connectivity index (χ3n) is 2.38. The molecule has 0 spiro atoms. The van der Waals surface area contributed by atoms with Crippen molar-refractivity contribution in [1.82, 2.24) is 10.4 Å². The third kappa shape index (κ3) is 4.64. The van der Waals surface area contributed by atoms with Crippen LogP contribution >= 0.6 is 0 Å². The summed E-state index contributed by atoms with van der Waals surface area (Å²) in [4.78, 5) is 15.5. The molecule has 2 aromatic rings. The molecule has 7 heteroatoms. The van der Waals surface area contributed by atoms with Crippen LogP contribution in [-0.2, 0) is 0 Å². The number of ether oxygens (including phenoxy) is 1. The molecule has 0 saturated carbocycles. The van der Waals surface area contributed by atoms with Gasteiger partial charge in [-0.2, -0.15) is 13.9 Å². The third-order valence-corrected chi connectivity index (χ3v) is 2.38. The Bertz CT molecular complexity index is 616. The van der Waals surface area contributed by atoms with Crippen molar-refractivity contribution in [3.05, 3.63) is 59.9 Å². The molecule has 1 N–H and O–H groups in total. The molecular weight excluding hydrogens is 280 g/mol. The van der Waals surface area contributed by atoms with Gasteiger partial charge in [-0.3, -0.25) is 9.78 Å². The van der Waals surface area contributed by atoms with Gasteiger partial charge < -0.3 is 4.74 Å². The van der Waals surface area contributed by atoms with Crippen LogP contribution in [0.4, 0.5) is 8.78 Å². The van der Waals surface area contributed by atoms with Gasteiger partial charge in [0.25, 0.3) is 5.91 Å². The largest absolute Gasteiger partial charge is 0.435 e. The van der Waals surface area contributed by atoms with Gasteiger partial charge in [0, 0.05) is 6.20 Å². The highest BCUT2D eigenvalue weighted by atomic mass is 19.3. The van der Waals surface area contributed by atoms with E-state index in [1.165, 1.54) is 36.7 Å². The highest BCUT2D eigenvalue weighted by molar-refractivity contribution is 5.93. The van der Waals surface area contributed by atoms with E-state index in [1.54, 1.807) is 18.2 Å². The molecule has 2 rings (SSSR count). The molecule has 1 aromatic carbocycles. The molecule has 0 aliphatic carbocycles. The average Bonchev–Trinajstić information content (AvgIpc) is 2.49. The predicted molar refractivity (Wildman–Crippen MR) is 72.4 cm³/mol. The first-order valence-electron chi connectivity index (χ1n) is 5.94. The topological polar surface area (TPSA) is 63.6 Å². The Morgan fingerprint density at radius 3 is 2.62 bits per heavy atom. The highest BCUT2D eigenvalue weighted by Crippen LogP contribution is 2.13. The van der Waals surface area contributed by atoms with Gasteiger partial charge in [-0.25, -0.2) is 5.43 Å². The zero-order valence-electron chi connectivity index (χ0n) is 10.7. The van der Waals surface area contributed by atoms with E-state index >= 15 is 0 Å². The van der Waals surface area contributed by atoms with Crippen LogP contribution in [0.1, 0.15) is 16.1 Å². The number of benzene rings is 1. The standard InChI is InChI=1S/C14H11F2N3O2/c15-14(16)21-11-6-4-10(5-7-11)9-18-19-13(20)12-3-1-2-8-17-12/h1-9,14H,(H,19,20)/b18-9-. The van der Waals surface area contributed by atoms with Crippen molar-refractivity contribution < 1.29 is 18.3 Å². The molecule has 0 fully saturated rings. The summed E-state index contributed by atoms with van der Waals surface area (Å²) in [6, 6.07) is 10.8. The first-order valence-corrected chi connectivity index (χ1v) is 5.94. The van der Waals surface area contributed by atoms with Gasteiger partial charge in [0.1, 0.15) is 11.4 Å². The van der Waals surface area contributed by atoms with Crippen LogP contribution in [0.2, 0.25) is 0 Å². The lowest BCUT2D eigenvalue weighted by Crippen LogP contribution is -2.18. The monoisotopic (exact) mass is 291 g/mol. The van der Waals surface area contributed by atoms with E-state index in [1.807, 2.05) is 0 Å². The van der Waals surface area contributed by atoms with E-state index in [-0.39, 0.29) is 11.4 Å². The summed E-state index contributed by atoms with van der Waals surface area (Å²) >= 11 is 0. The molecule has 1 aromatic heterocycles. The minimum Gasteiger partial charge on any atom is -0.435 e. The molecule has 5 nitrogen and oxygen atoms in total. The Morgan fingerprint density at radius 2 is 2.00 bits per heavy atom. The highest BCUT2D eigenvalue weighted by Gasteiger charge is 2.04. The maximum Gasteiger partial charge on any atom is 0.387 e. The number of nitrogens with one attached hydrogen (secondary N) is 1. The van der Waals surface area contributed by atoms with Gasteiger partial charge in [0.2, 0.25) is 0 Å². The summed E-state index contributed by atoms with van der Waals surface area (Å²) in [5.74, 6) is -0.385. The summed E-state index contributed by atoms with van der Waals surface area (Å²) in [7, 11) is 0. The quantitative estimate of drug-likeness (QED) is 0.680. The van der Waals surface area contributed by atoms with Crippen LogP contribution in [0.15, 0.2) is 53.8 Å². The molecule has 0 bridgehead atoms. The van der Waals surface area contributed by atoms with Crippen LogP contribution in [0.5, 0.6) is 5.75 Å². The van der Waals surface area contributed by atoms with Crippen LogP contribution in [0, 0.1) is 0 Å². The predicted octanol–water partition coefficient (Wildman–Crippen LogP) is 2.45. The van der Waals surface area contributed by atoms with Crippen molar-refractivity contribution in [1.29, 1.82) is 0 Å². The van der Waals surface area contributed by atoms with Crippen molar-refractivity contribution in [2.24, 2.45) is 5.10 Å². The molecule has 21 heavy (non-hydrogen) atoms. The zero-order chi connectivity index (χ0) is 15.1. The first kappa shape index (κ1) is 14.6. The second-order valence-corrected chi connectivity index (χ2v) is 3.86. The fraction of sp³-hybridized carbons (Fsp3) is 0.0714. The first-order chi connectivity index (χ1) is 10.1. The lowest BCUT2D eigenvalue weighted by Gasteiger charge is -2.03. The summed E-state index contributed by atoms with van der Waals surface area (Å²) in [6.45, 7) is -2.86. The van der Waals surface area contributed by atoms with Gasteiger partial charge >= 0.3 is 6.61 Å². The number of hydrazone groups is 1. The van der Waals surface area contributed by atoms with Crippen LogP contribution in [0.3, 0.4) is 0 Å². The number of amides is 1. The number of rotatable bonds is 5. The fourth-order valence-corrected chi connectivity index (χ4v) is 1.46. The Balaban J connectivity index is 1.91. The second-order valence-electron chi connectivity index (χ2n) is 3.86. The molecule has 1 amide bonds. The van der Waals surface area contributed by atoms with E-state index in [9.17, 15) is 13.6 Å². The number of carbonyl (C=O) groups is 1. The van der Waals surface area contributed by atoms with E-state index in [4.69, 9.17) is 0 Å². The SMILES string of the molecule is O=C(N/N=C\c1ccc(OC(F)F)cc1)c1ccccn1. The number of halogens is 2.